The molecule has 5 aromatic rings. The third kappa shape index (κ3) is 5.17. The van der Waals surface area contributed by atoms with Crippen LogP contribution in [-0.2, 0) is 10.3 Å². The largest absolute Gasteiger partial charge is 0.456 e. The number of amides is 1. The van der Waals surface area contributed by atoms with Gasteiger partial charge in [0.2, 0.25) is 0 Å². The lowest BCUT2D eigenvalue weighted by Crippen LogP contribution is -2.44. The van der Waals surface area contributed by atoms with Crippen molar-refractivity contribution in [2.45, 2.75) is 40.2 Å². The summed E-state index contributed by atoms with van der Waals surface area (Å²) in [5.74, 6) is 1.05. The predicted molar refractivity (Wildman–Crippen MR) is 193 cm³/mol. The summed E-state index contributed by atoms with van der Waals surface area (Å²) in [7, 11) is 0. The van der Waals surface area contributed by atoms with Gasteiger partial charge in [0.1, 0.15) is 22.6 Å². The first-order chi connectivity index (χ1) is 23.8. The number of esters is 1. The Balaban J connectivity index is 1.45. The number of anilines is 2. The maximum absolute atomic E-state index is 14.5. The van der Waals surface area contributed by atoms with Gasteiger partial charge >= 0.3 is 5.97 Å². The molecule has 4 aromatic carbocycles. The molecule has 0 radical (unpaired) electrons. The summed E-state index contributed by atoms with van der Waals surface area (Å²) >= 11 is 0. The molecule has 1 spiro atoms. The zero-order valence-electron chi connectivity index (χ0n) is 28.4. The molecule has 1 amide bonds. The quantitative estimate of drug-likeness (QED) is 0.0914. The number of fused-ring (bicyclic) bond motifs is 7. The number of aromatic nitrogens is 1. The maximum Gasteiger partial charge on any atom is 0.308 e. The molecule has 0 N–H and O–H groups in total. The molecule has 2 aliphatic rings. The van der Waals surface area contributed by atoms with Crippen LogP contribution in [0.5, 0.6) is 17.2 Å². The average molecular weight is 654 g/mol. The van der Waals surface area contributed by atoms with Crippen molar-refractivity contribution in [3.8, 4) is 17.2 Å². The minimum Gasteiger partial charge on any atom is -0.456 e. The number of pyridine rings is 1. The molecular formula is C40H39N5O4. The lowest BCUT2D eigenvalue weighted by Gasteiger charge is -2.42. The summed E-state index contributed by atoms with van der Waals surface area (Å²) in [6, 6.07) is 29.4. The number of hydrogen-bond donors (Lipinski definition) is 0. The lowest BCUT2D eigenvalue weighted by molar-refractivity contribution is -0.131. The first kappa shape index (κ1) is 31.9. The molecule has 7 rings (SSSR count). The SMILES string of the molecule is CCN(CC)c1ccc2c(c1)Oc1cc(N(CC)CC)ccc1C21c2ccccc2C(=O)N1/N=C/c1ccc2cccc(OC(C)=O)c2n1. The lowest BCUT2D eigenvalue weighted by atomic mass is 9.75. The van der Waals surface area contributed by atoms with E-state index in [0.29, 0.717) is 34.0 Å². The molecule has 0 saturated heterocycles. The molecule has 0 atom stereocenters. The van der Waals surface area contributed by atoms with Crippen LogP contribution in [0.4, 0.5) is 11.4 Å². The van der Waals surface area contributed by atoms with Crippen LogP contribution in [0.25, 0.3) is 10.9 Å². The van der Waals surface area contributed by atoms with Crippen LogP contribution in [0.2, 0.25) is 0 Å². The van der Waals surface area contributed by atoms with Crippen LogP contribution in [-0.4, -0.2) is 54.3 Å². The van der Waals surface area contributed by atoms with Crippen molar-refractivity contribution in [2.75, 3.05) is 36.0 Å². The Labute approximate surface area is 286 Å². The molecule has 248 valence electrons. The van der Waals surface area contributed by atoms with Crippen molar-refractivity contribution in [2.24, 2.45) is 5.10 Å². The minimum absolute atomic E-state index is 0.229. The van der Waals surface area contributed by atoms with E-state index >= 15 is 0 Å². The number of rotatable bonds is 9. The van der Waals surface area contributed by atoms with E-state index in [4.69, 9.17) is 19.6 Å². The highest BCUT2D eigenvalue weighted by atomic mass is 16.5. The Morgan fingerprint density at radius 2 is 1.45 bits per heavy atom. The summed E-state index contributed by atoms with van der Waals surface area (Å²) in [5, 5.41) is 7.35. The second kappa shape index (κ2) is 12.7. The molecular weight excluding hydrogens is 614 g/mol. The Kier molecular flexibility index (Phi) is 8.28. The van der Waals surface area contributed by atoms with Crippen LogP contribution in [0.1, 0.15) is 67.4 Å². The number of carbonyl (C=O) groups excluding carboxylic acids is 2. The Bertz CT molecular complexity index is 2060. The Morgan fingerprint density at radius 1 is 0.816 bits per heavy atom. The van der Waals surface area contributed by atoms with Crippen LogP contribution in [0.15, 0.2) is 96.1 Å². The smallest absolute Gasteiger partial charge is 0.308 e. The molecule has 3 heterocycles. The van der Waals surface area contributed by atoms with Crippen molar-refractivity contribution in [1.29, 1.82) is 0 Å². The van der Waals surface area contributed by atoms with Crippen LogP contribution < -0.4 is 19.3 Å². The van der Waals surface area contributed by atoms with E-state index < -0.39 is 11.5 Å². The van der Waals surface area contributed by atoms with Gasteiger partial charge in [-0.3, -0.25) is 9.59 Å². The molecule has 0 aliphatic carbocycles. The third-order valence-electron chi connectivity index (χ3n) is 9.51. The van der Waals surface area contributed by atoms with E-state index in [-0.39, 0.29) is 5.91 Å². The monoisotopic (exact) mass is 653 g/mol. The minimum atomic E-state index is -1.11. The Hall–Kier alpha value is -5.70. The number of nitrogens with zero attached hydrogens (tertiary/aromatic N) is 5. The second-order valence-corrected chi connectivity index (χ2v) is 12.1. The molecule has 0 fully saturated rings. The molecule has 2 aliphatic heterocycles. The van der Waals surface area contributed by atoms with Gasteiger partial charge in [-0.05, 0) is 58.0 Å². The van der Waals surface area contributed by atoms with E-state index in [9.17, 15) is 9.59 Å². The third-order valence-corrected chi connectivity index (χ3v) is 9.51. The summed E-state index contributed by atoms with van der Waals surface area (Å²) in [4.78, 5) is 35.7. The van der Waals surface area contributed by atoms with Gasteiger partial charge in [-0.2, -0.15) is 5.10 Å². The van der Waals surface area contributed by atoms with E-state index in [2.05, 4.69) is 73.9 Å². The van der Waals surface area contributed by atoms with E-state index in [1.54, 1.807) is 17.3 Å². The van der Waals surface area contributed by atoms with Crippen molar-refractivity contribution in [1.82, 2.24) is 9.99 Å². The molecule has 1 aromatic heterocycles. The van der Waals surface area contributed by atoms with Crippen LogP contribution in [0.3, 0.4) is 0 Å². The van der Waals surface area contributed by atoms with Gasteiger partial charge < -0.3 is 19.3 Å². The number of benzene rings is 4. The van der Waals surface area contributed by atoms with E-state index in [0.717, 1.165) is 59.6 Å². The van der Waals surface area contributed by atoms with Gasteiger partial charge in [-0.15, -0.1) is 0 Å². The van der Waals surface area contributed by atoms with E-state index in [1.165, 1.54) is 6.92 Å². The number of para-hydroxylation sites is 1. The van der Waals surface area contributed by atoms with Gasteiger partial charge in [-0.25, -0.2) is 9.99 Å². The van der Waals surface area contributed by atoms with Crippen molar-refractivity contribution >= 4 is 40.4 Å². The van der Waals surface area contributed by atoms with Gasteiger partial charge in [0.05, 0.1) is 11.9 Å². The summed E-state index contributed by atoms with van der Waals surface area (Å²) < 4.78 is 12.2. The second-order valence-electron chi connectivity index (χ2n) is 12.1. The molecule has 0 saturated carbocycles. The molecule has 49 heavy (non-hydrogen) atoms. The highest BCUT2D eigenvalue weighted by molar-refractivity contribution is 6.03. The number of hydrazone groups is 1. The number of carbonyl (C=O) groups is 2. The number of ether oxygens (including phenoxy) is 2. The zero-order valence-corrected chi connectivity index (χ0v) is 28.4. The first-order valence-corrected chi connectivity index (χ1v) is 16.9. The summed E-state index contributed by atoms with van der Waals surface area (Å²) in [6.07, 6.45) is 1.60. The molecule has 9 nitrogen and oxygen atoms in total. The topological polar surface area (TPSA) is 87.6 Å². The fourth-order valence-electron chi connectivity index (χ4n) is 7.21. The fraction of sp³-hybridized carbons (Fsp3) is 0.250. The van der Waals surface area contributed by atoms with E-state index in [1.807, 2.05) is 48.5 Å². The maximum atomic E-state index is 14.5. The highest BCUT2D eigenvalue weighted by Gasteiger charge is 2.57. The highest BCUT2D eigenvalue weighted by Crippen LogP contribution is 2.58. The van der Waals surface area contributed by atoms with Gasteiger partial charge in [0.25, 0.3) is 5.91 Å². The first-order valence-electron chi connectivity index (χ1n) is 16.9. The van der Waals surface area contributed by atoms with Gasteiger partial charge in [0.15, 0.2) is 5.75 Å². The van der Waals surface area contributed by atoms with Crippen LogP contribution in [0, 0.1) is 0 Å². The van der Waals surface area contributed by atoms with Gasteiger partial charge in [0, 0.05) is 84.3 Å². The zero-order chi connectivity index (χ0) is 34.3. The van der Waals surface area contributed by atoms with Crippen molar-refractivity contribution in [3.05, 3.63) is 119 Å². The van der Waals surface area contributed by atoms with Crippen molar-refractivity contribution < 1.29 is 19.1 Å². The average Bonchev–Trinajstić information content (AvgIpc) is 3.36. The van der Waals surface area contributed by atoms with Crippen molar-refractivity contribution in [3.63, 3.8) is 0 Å². The number of hydrogen-bond acceptors (Lipinski definition) is 8. The Morgan fingerprint density at radius 3 is 2.06 bits per heavy atom. The molecule has 0 bridgehead atoms. The van der Waals surface area contributed by atoms with Crippen LogP contribution >= 0.6 is 0 Å². The fourth-order valence-corrected chi connectivity index (χ4v) is 7.21. The summed E-state index contributed by atoms with van der Waals surface area (Å²) in [5.41, 5.74) is 5.06. The standard InChI is InChI=1S/C40H39N5O4/c1-6-43(7-2)29-19-21-33-36(23-29)49-37-24-30(44(8-3)9-4)20-22-34(37)40(33)32-15-11-10-14-31(32)39(47)45(40)41-25-28-18-17-27-13-12-16-35(38(27)42-28)48-26(5)46/h10-25H,6-9H2,1-5H3/b41-25+. The molecule has 0 unspecified atom stereocenters. The normalized spacial score (nSPS) is 14.1. The molecule has 9 heteroatoms. The predicted octanol–water partition coefficient (Wildman–Crippen LogP) is 7.74. The van der Waals surface area contributed by atoms with Gasteiger partial charge in [-0.1, -0.05) is 48.5 Å². The summed E-state index contributed by atoms with van der Waals surface area (Å²) in [6.45, 7) is 13.3.